The number of nitrogens with zero attached hydrogens (tertiary/aromatic N) is 3. The van der Waals surface area contributed by atoms with E-state index in [9.17, 15) is 4.79 Å². The number of rotatable bonds is 5. The van der Waals surface area contributed by atoms with Crippen molar-refractivity contribution in [2.45, 2.75) is 0 Å². The van der Waals surface area contributed by atoms with Gasteiger partial charge in [-0.3, -0.25) is 4.79 Å². The zero-order chi connectivity index (χ0) is 13.7. The van der Waals surface area contributed by atoms with Gasteiger partial charge in [-0.1, -0.05) is 11.6 Å². The summed E-state index contributed by atoms with van der Waals surface area (Å²) in [6, 6.07) is 7.06. The predicted octanol–water partition coefficient (Wildman–Crippen LogP) is 1.61. The molecule has 6 nitrogen and oxygen atoms in total. The summed E-state index contributed by atoms with van der Waals surface area (Å²) in [4.78, 5) is 13.3. The molecule has 0 unspecified atom stereocenters. The Kier molecular flexibility index (Phi) is 4.35. The van der Waals surface area contributed by atoms with Crippen LogP contribution in [0.2, 0.25) is 5.02 Å². The summed E-state index contributed by atoms with van der Waals surface area (Å²) in [5.41, 5.74) is 0.286. The van der Waals surface area contributed by atoms with Crippen molar-refractivity contribution in [1.29, 1.82) is 0 Å². The Bertz CT molecular complexity index is 527. The number of aromatic amines is 1. The SMILES string of the molecule is CN(CCOc1ccc(Cl)cc1)C(=O)c1cn[nH]n1. The van der Waals surface area contributed by atoms with Crippen molar-refractivity contribution < 1.29 is 9.53 Å². The molecular formula is C12H13ClN4O2. The summed E-state index contributed by atoms with van der Waals surface area (Å²) in [6.45, 7) is 0.843. The molecule has 0 spiro atoms. The average Bonchev–Trinajstić information content (AvgIpc) is 2.94. The first-order valence-electron chi connectivity index (χ1n) is 5.66. The normalized spacial score (nSPS) is 10.2. The van der Waals surface area contributed by atoms with E-state index >= 15 is 0 Å². The second-order valence-electron chi connectivity index (χ2n) is 3.88. The van der Waals surface area contributed by atoms with Crippen LogP contribution >= 0.6 is 11.6 Å². The van der Waals surface area contributed by atoms with Crippen molar-refractivity contribution in [3.8, 4) is 5.75 Å². The molecule has 0 radical (unpaired) electrons. The third-order valence-electron chi connectivity index (χ3n) is 2.49. The number of nitrogens with one attached hydrogen (secondary N) is 1. The smallest absolute Gasteiger partial charge is 0.275 e. The lowest BCUT2D eigenvalue weighted by atomic mass is 10.3. The molecule has 2 aromatic rings. The van der Waals surface area contributed by atoms with E-state index in [1.807, 2.05) is 0 Å². The molecule has 19 heavy (non-hydrogen) atoms. The van der Waals surface area contributed by atoms with E-state index in [4.69, 9.17) is 16.3 Å². The maximum absolute atomic E-state index is 11.8. The van der Waals surface area contributed by atoms with Gasteiger partial charge in [-0.05, 0) is 24.3 Å². The first-order chi connectivity index (χ1) is 9.16. The number of aromatic nitrogens is 3. The zero-order valence-corrected chi connectivity index (χ0v) is 11.1. The highest BCUT2D eigenvalue weighted by Crippen LogP contribution is 2.15. The topological polar surface area (TPSA) is 71.1 Å². The largest absolute Gasteiger partial charge is 0.492 e. The first-order valence-corrected chi connectivity index (χ1v) is 6.04. The van der Waals surface area contributed by atoms with E-state index < -0.39 is 0 Å². The molecule has 2 rings (SSSR count). The Morgan fingerprint density at radius 2 is 2.16 bits per heavy atom. The van der Waals surface area contributed by atoms with Crippen LogP contribution in [-0.2, 0) is 0 Å². The fraction of sp³-hybridized carbons (Fsp3) is 0.250. The predicted molar refractivity (Wildman–Crippen MR) is 70.3 cm³/mol. The summed E-state index contributed by atoms with van der Waals surface area (Å²) in [5.74, 6) is 0.514. The van der Waals surface area contributed by atoms with Crippen LogP contribution in [0.4, 0.5) is 0 Å². The Morgan fingerprint density at radius 1 is 1.42 bits per heavy atom. The lowest BCUT2D eigenvalue weighted by Gasteiger charge is -2.16. The number of hydrogen-bond acceptors (Lipinski definition) is 4. The minimum atomic E-state index is -0.201. The maximum atomic E-state index is 11.8. The second kappa shape index (κ2) is 6.19. The number of benzene rings is 1. The molecule has 0 aliphatic heterocycles. The highest BCUT2D eigenvalue weighted by Gasteiger charge is 2.13. The molecule has 0 saturated carbocycles. The molecule has 0 bridgehead atoms. The van der Waals surface area contributed by atoms with Gasteiger partial charge in [0, 0.05) is 12.1 Å². The molecule has 1 heterocycles. The molecule has 7 heteroatoms. The van der Waals surface area contributed by atoms with Gasteiger partial charge in [0.25, 0.3) is 5.91 Å². The van der Waals surface area contributed by atoms with Gasteiger partial charge in [-0.2, -0.15) is 15.4 Å². The Labute approximate surface area is 115 Å². The molecule has 0 atom stereocenters. The summed E-state index contributed by atoms with van der Waals surface area (Å²) < 4.78 is 5.50. The van der Waals surface area contributed by atoms with Gasteiger partial charge in [0.2, 0.25) is 0 Å². The van der Waals surface area contributed by atoms with Crippen LogP contribution in [0.25, 0.3) is 0 Å². The third kappa shape index (κ3) is 3.69. The van der Waals surface area contributed by atoms with Gasteiger partial charge < -0.3 is 9.64 Å². The Morgan fingerprint density at radius 3 is 2.79 bits per heavy atom. The number of ether oxygens (including phenoxy) is 1. The van der Waals surface area contributed by atoms with Gasteiger partial charge >= 0.3 is 0 Å². The van der Waals surface area contributed by atoms with Crippen molar-refractivity contribution in [1.82, 2.24) is 20.3 Å². The van der Waals surface area contributed by atoms with E-state index in [2.05, 4.69) is 15.4 Å². The van der Waals surface area contributed by atoms with Crippen molar-refractivity contribution in [3.05, 3.63) is 41.2 Å². The van der Waals surface area contributed by atoms with E-state index in [1.54, 1.807) is 31.3 Å². The van der Waals surface area contributed by atoms with Gasteiger partial charge in [-0.15, -0.1) is 0 Å². The van der Waals surface area contributed by atoms with Crippen LogP contribution in [0, 0.1) is 0 Å². The number of likely N-dealkylation sites (N-methyl/N-ethyl adjacent to an activating group) is 1. The Hall–Kier alpha value is -2.08. The minimum Gasteiger partial charge on any atom is -0.492 e. The van der Waals surface area contributed by atoms with Crippen molar-refractivity contribution >= 4 is 17.5 Å². The highest BCUT2D eigenvalue weighted by molar-refractivity contribution is 6.30. The molecule has 1 aromatic carbocycles. The third-order valence-corrected chi connectivity index (χ3v) is 2.74. The van der Waals surface area contributed by atoms with Crippen molar-refractivity contribution in [2.75, 3.05) is 20.2 Å². The maximum Gasteiger partial charge on any atom is 0.275 e. The van der Waals surface area contributed by atoms with Gasteiger partial charge in [0.1, 0.15) is 12.4 Å². The van der Waals surface area contributed by atoms with Crippen LogP contribution in [0.5, 0.6) is 5.75 Å². The quantitative estimate of drug-likeness (QED) is 0.903. The lowest BCUT2D eigenvalue weighted by Crippen LogP contribution is -2.31. The van der Waals surface area contributed by atoms with Crippen LogP contribution in [-0.4, -0.2) is 46.4 Å². The van der Waals surface area contributed by atoms with E-state index in [0.29, 0.717) is 23.9 Å². The first kappa shape index (κ1) is 13.4. The number of carbonyl (C=O) groups excluding carboxylic acids is 1. The highest BCUT2D eigenvalue weighted by atomic mass is 35.5. The number of carbonyl (C=O) groups is 1. The summed E-state index contributed by atoms with van der Waals surface area (Å²) in [5, 5.41) is 10.4. The molecular weight excluding hydrogens is 268 g/mol. The lowest BCUT2D eigenvalue weighted by molar-refractivity contribution is 0.0768. The number of H-pyrrole nitrogens is 1. The van der Waals surface area contributed by atoms with E-state index in [0.717, 1.165) is 0 Å². The summed E-state index contributed by atoms with van der Waals surface area (Å²) in [7, 11) is 1.68. The Balaban J connectivity index is 1.79. The standard InChI is InChI=1S/C12H13ClN4O2/c1-17(12(18)11-8-14-16-15-11)6-7-19-10-4-2-9(13)3-5-10/h2-5,8H,6-7H2,1H3,(H,14,15,16). The molecule has 100 valence electrons. The van der Waals surface area contributed by atoms with Crippen LogP contribution < -0.4 is 4.74 Å². The molecule has 0 fully saturated rings. The number of hydrogen-bond donors (Lipinski definition) is 1. The molecule has 0 saturated heterocycles. The molecule has 0 aliphatic rings. The van der Waals surface area contributed by atoms with Gasteiger partial charge in [-0.25, -0.2) is 0 Å². The minimum absolute atomic E-state index is 0.201. The number of halogens is 1. The monoisotopic (exact) mass is 280 g/mol. The fourth-order valence-corrected chi connectivity index (χ4v) is 1.56. The van der Waals surface area contributed by atoms with Crippen molar-refractivity contribution in [2.24, 2.45) is 0 Å². The summed E-state index contributed by atoms with van der Waals surface area (Å²) >= 11 is 5.77. The van der Waals surface area contributed by atoms with E-state index in [-0.39, 0.29) is 11.6 Å². The summed E-state index contributed by atoms with van der Waals surface area (Å²) in [6.07, 6.45) is 1.39. The number of amides is 1. The van der Waals surface area contributed by atoms with Gasteiger partial charge in [0.05, 0.1) is 12.7 Å². The van der Waals surface area contributed by atoms with Crippen LogP contribution in [0.1, 0.15) is 10.5 Å². The molecule has 1 amide bonds. The fourth-order valence-electron chi connectivity index (χ4n) is 1.43. The second-order valence-corrected chi connectivity index (χ2v) is 4.32. The molecule has 1 N–H and O–H groups in total. The molecule has 1 aromatic heterocycles. The molecule has 0 aliphatic carbocycles. The van der Waals surface area contributed by atoms with Gasteiger partial charge in [0.15, 0.2) is 5.69 Å². The van der Waals surface area contributed by atoms with Crippen molar-refractivity contribution in [3.63, 3.8) is 0 Å². The van der Waals surface area contributed by atoms with Crippen LogP contribution in [0.15, 0.2) is 30.5 Å². The van der Waals surface area contributed by atoms with Crippen LogP contribution in [0.3, 0.4) is 0 Å². The zero-order valence-electron chi connectivity index (χ0n) is 10.3. The average molecular weight is 281 g/mol. The van der Waals surface area contributed by atoms with E-state index in [1.165, 1.54) is 11.1 Å².